The number of hydrogen-bond donors (Lipinski definition) is 0. The molecule has 0 atom stereocenters. The molecule has 2 heteroatoms. The van der Waals surface area contributed by atoms with E-state index in [9.17, 15) is 0 Å². The Bertz CT molecular complexity index is 303. The molecule has 96 valence electrons. The molecule has 0 amide bonds. The van der Waals surface area contributed by atoms with Crippen LogP contribution in [0.15, 0.2) is 36.5 Å². The number of rotatable bonds is 5. The Morgan fingerprint density at radius 1 is 1.18 bits per heavy atom. The summed E-state index contributed by atoms with van der Waals surface area (Å²) in [5, 5.41) is 0. The van der Waals surface area contributed by atoms with Crippen molar-refractivity contribution in [2.75, 3.05) is 18.6 Å². The van der Waals surface area contributed by atoms with Crippen LogP contribution in [-0.4, -0.2) is 13.7 Å². The van der Waals surface area contributed by atoms with Crippen LogP contribution >= 0.6 is 0 Å². The van der Waals surface area contributed by atoms with E-state index in [1.165, 1.54) is 5.69 Å². The van der Waals surface area contributed by atoms with Gasteiger partial charge < -0.3 is 9.64 Å². The molecule has 0 N–H and O–H groups in total. The fourth-order valence-corrected chi connectivity index (χ4v) is 1.48. The van der Waals surface area contributed by atoms with Crippen LogP contribution in [0.5, 0.6) is 5.75 Å². The van der Waals surface area contributed by atoms with Crippen molar-refractivity contribution in [2.45, 2.75) is 34.1 Å². The van der Waals surface area contributed by atoms with Gasteiger partial charge >= 0.3 is 0 Å². The Morgan fingerprint density at radius 2 is 1.76 bits per heavy atom. The molecule has 1 rings (SSSR count). The van der Waals surface area contributed by atoms with Gasteiger partial charge in [0.2, 0.25) is 0 Å². The van der Waals surface area contributed by atoms with Gasteiger partial charge in [-0.1, -0.05) is 26.8 Å². The smallest absolute Gasteiger partial charge is 0.119 e. The molecule has 0 bridgehead atoms. The van der Waals surface area contributed by atoms with Crippen LogP contribution in [0.4, 0.5) is 5.69 Å². The molecule has 1 aromatic carbocycles. The van der Waals surface area contributed by atoms with Crippen molar-refractivity contribution in [1.29, 1.82) is 0 Å². The summed E-state index contributed by atoms with van der Waals surface area (Å²) in [6.07, 6.45) is 5.29. The molecule has 0 radical (unpaired) electrons. The number of anilines is 1. The van der Waals surface area contributed by atoms with Crippen LogP contribution in [-0.2, 0) is 0 Å². The highest BCUT2D eigenvalue weighted by molar-refractivity contribution is 5.51. The fraction of sp³-hybridized carbons (Fsp3) is 0.467. The van der Waals surface area contributed by atoms with Crippen LogP contribution in [0.1, 0.15) is 34.1 Å². The first kappa shape index (κ1) is 15.6. The van der Waals surface area contributed by atoms with Crippen LogP contribution < -0.4 is 9.64 Å². The van der Waals surface area contributed by atoms with Gasteiger partial charge in [-0.25, -0.2) is 0 Å². The lowest BCUT2D eigenvalue weighted by Gasteiger charge is -2.19. The minimum absolute atomic E-state index is 0.899. The van der Waals surface area contributed by atoms with Crippen LogP contribution in [0.25, 0.3) is 0 Å². The van der Waals surface area contributed by atoms with E-state index in [4.69, 9.17) is 4.74 Å². The van der Waals surface area contributed by atoms with Crippen molar-refractivity contribution in [3.8, 4) is 5.75 Å². The molecule has 1 aromatic rings. The molecule has 0 saturated carbocycles. The zero-order valence-electron chi connectivity index (χ0n) is 11.7. The van der Waals surface area contributed by atoms with Gasteiger partial charge in [0.05, 0.1) is 7.11 Å². The lowest BCUT2D eigenvalue weighted by Crippen LogP contribution is -2.16. The van der Waals surface area contributed by atoms with Gasteiger partial charge in [0.25, 0.3) is 0 Å². The van der Waals surface area contributed by atoms with Gasteiger partial charge in [-0.05, 0) is 43.8 Å². The Labute approximate surface area is 106 Å². The average molecular weight is 235 g/mol. The summed E-state index contributed by atoms with van der Waals surface area (Å²) in [6, 6.07) is 8.13. The summed E-state index contributed by atoms with van der Waals surface area (Å²) in [4.78, 5) is 2.24. The molecular weight excluding hydrogens is 210 g/mol. The Morgan fingerprint density at radius 3 is 2.18 bits per heavy atom. The number of hydrogen-bond acceptors (Lipinski definition) is 2. The standard InChI is InChI=1S/C13H19NO.C2H6/c1-4-10-14(11-5-2)12-6-8-13(15-3)9-7-12;1-2/h4,6-10H,5,11H2,1-3H3;1-2H3/b10-4-;. The summed E-state index contributed by atoms with van der Waals surface area (Å²) in [6.45, 7) is 9.25. The molecular formula is C15H25NO. The topological polar surface area (TPSA) is 12.5 Å². The van der Waals surface area contributed by atoms with E-state index in [2.05, 4.69) is 36.2 Å². The van der Waals surface area contributed by atoms with Gasteiger partial charge in [0.15, 0.2) is 0 Å². The van der Waals surface area contributed by atoms with E-state index in [-0.39, 0.29) is 0 Å². The monoisotopic (exact) mass is 235 g/mol. The Balaban J connectivity index is 0.00000121. The molecule has 2 nitrogen and oxygen atoms in total. The highest BCUT2D eigenvalue weighted by atomic mass is 16.5. The summed E-state index contributed by atoms with van der Waals surface area (Å²) in [5.41, 5.74) is 1.20. The third kappa shape index (κ3) is 5.43. The summed E-state index contributed by atoms with van der Waals surface area (Å²) >= 11 is 0. The maximum atomic E-state index is 5.13. The largest absolute Gasteiger partial charge is 0.497 e. The fourth-order valence-electron chi connectivity index (χ4n) is 1.48. The van der Waals surface area contributed by atoms with Gasteiger partial charge in [-0.3, -0.25) is 0 Å². The SMILES string of the molecule is C/C=C\N(CCC)c1ccc(OC)cc1.CC. The second kappa shape index (κ2) is 9.76. The first-order valence-electron chi connectivity index (χ1n) is 6.35. The normalized spacial score (nSPS) is 9.71. The Hall–Kier alpha value is -1.44. The lowest BCUT2D eigenvalue weighted by molar-refractivity contribution is 0.415. The van der Waals surface area contributed by atoms with E-state index in [0.29, 0.717) is 0 Å². The van der Waals surface area contributed by atoms with Crippen LogP contribution in [0.2, 0.25) is 0 Å². The van der Waals surface area contributed by atoms with Gasteiger partial charge in [0.1, 0.15) is 5.75 Å². The molecule has 0 unspecified atom stereocenters. The second-order valence-electron chi connectivity index (χ2n) is 3.37. The maximum absolute atomic E-state index is 5.13. The number of nitrogens with zero attached hydrogens (tertiary/aromatic N) is 1. The van der Waals surface area contributed by atoms with Crippen molar-refractivity contribution in [3.05, 3.63) is 36.5 Å². The zero-order chi connectivity index (χ0) is 13.1. The average Bonchev–Trinajstić information content (AvgIpc) is 2.41. The number of ether oxygens (including phenoxy) is 1. The number of methoxy groups -OCH3 is 1. The minimum Gasteiger partial charge on any atom is -0.497 e. The second-order valence-corrected chi connectivity index (χ2v) is 3.37. The van der Waals surface area contributed by atoms with Crippen molar-refractivity contribution in [2.24, 2.45) is 0 Å². The maximum Gasteiger partial charge on any atom is 0.119 e. The summed E-state index contributed by atoms with van der Waals surface area (Å²) < 4.78 is 5.13. The van der Waals surface area contributed by atoms with Crippen molar-refractivity contribution in [1.82, 2.24) is 0 Å². The van der Waals surface area contributed by atoms with E-state index < -0.39 is 0 Å². The molecule has 17 heavy (non-hydrogen) atoms. The molecule has 0 aliphatic heterocycles. The van der Waals surface area contributed by atoms with Crippen molar-refractivity contribution >= 4 is 5.69 Å². The van der Waals surface area contributed by atoms with Gasteiger partial charge in [-0.2, -0.15) is 0 Å². The highest BCUT2D eigenvalue weighted by Crippen LogP contribution is 2.19. The molecule has 0 spiro atoms. The third-order valence-corrected chi connectivity index (χ3v) is 2.20. The summed E-state index contributed by atoms with van der Waals surface area (Å²) in [7, 11) is 1.69. The molecule has 0 heterocycles. The number of benzene rings is 1. The van der Waals surface area contributed by atoms with E-state index in [1.54, 1.807) is 7.11 Å². The van der Waals surface area contributed by atoms with Crippen molar-refractivity contribution in [3.63, 3.8) is 0 Å². The molecule has 0 aliphatic carbocycles. The van der Waals surface area contributed by atoms with Crippen LogP contribution in [0.3, 0.4) is 0 Å². The molecule has 0 fully saturated rings. The zero-order valence-corrected chi connectivity index (χ0v) is 11.7. The minimum atomic E-state index is 0.899. The quantitative estimate of drug-likeness (QED) is 0.746. The van der Waals surface area contributed by atoms with Crippen molar-refractivity contribution < 1.29 is 4.74 Å². The Kier molecular flexibility index (Phi) is 8.94. The summed E-state index contributed by atoms with van der Waals surface area (Å²) in [5.74, 6) is 0.899. The molecule has 0 aliphatic rings. The van der Waals surface area contributed by atoms with Gasteiger partial charge in [0, 0.05) is 12.2 Å². The van der Waals surface area contributed by atoms with E-state index in [1.807, 2.05) is 32.9 Å². The lowest BCUT2D eigenvalue weighted by atomic mass is 10.2. The van der Waals surface area contributed by atoms with E-state index in [0.717, 1.165) is 18.7 Å². The van der Waals surface area contributed by atoms with Gasteiger partial charge in [-0.15, -0.1) is 0 Å². The predicted octanol–water partition coefficient (Wildman–Crippen LogP) is 4.47. The highest BCUT2D eigenvalue weighted by Gasteiger charge is 2.01. The molecule has 0 saturated heterocycles. The first-order valence-corrected chi connectivity index (χ1v) is 6.35. The van der Waals surface area contributed by atoms with E-state index >= 15 is 0 Å². The first-order chi connectivity index (χ1) is 8.31. The molecule has 0 aromatic heterocycles. The number of allylic oxidation sites excluding steroid dienone is 1. The van der Waals surface area contributed by atoms with Crippen LogP contribution in [0, 0.1) is 0 Å². The predicted molar refractivity (Wildman–Crippen MR) is 76.8 cm³/mol. The third-order valence-electron chi connectivity index (χ3n) is 2.20.